The molecule has 0 aliphatic carbocycles. The van der Waals surface area contributed by atoms with Crippen LogP contribution in [0.1, 0.15) is 11.3 Å². The second-order valence-electron chi connectivity index (χ2n) is 5.17. The largest absolute Gasteiger partial charge is 0.480 e. The van der Waals surface area contributed by atoms with Gasteiger partial charge in [0.15, 0.2) is 5.75 Å². The molecule has 0 aliphatic rings. The molecule has 0 spiro atoms. The summed E-state index contributed by atoms with van der Waals surface area (Å²) in [4.78, 5) is 14.8. The molecule has 0 unspecified atom stereocenters. The number of nitrogens with zero attached hydrogens (tertiary/aromatic N) is 2. The molecule has 6 nitrogen and oxygen atoms in total. The second kappa shape index (κ2) is 6.49. The summed E-state index contributed by atoms with van der Waals surface area (Å²) in [5.41, 5.74) is 1.78. The van der Waals surface area contributed by atoms with Crippen molar-refractivity contribution in [3.05, 3.63) is 75.9 Å². The van der Waals surface area contributed by atoms with Crippen molar-refractivity contribution in [3.63, 3.8) is 0 Å². The van der Waals surface area contributed by atoms with Crippen molar-refractivity contribution in [2.75, 3.05) is 0 Å². The van der Waals surface area contributed by atoms with Crippen LogP contribution in [0.15, 0.2) is 53.1 Å². The molecule has 122 valence electrons. The third kappa shape index (κ3) is 3.40. The molecular formula is C17H13FN2O4. The number of rotatable bonds is 5. The summed E-state index contributed by atoms with van der Waals surface area (Å²) in [7, 11) is 0. The zero-order valence-corrected chi connectivity index (χ0v) is 12.7. The van der Waals surface area contributed by atoms with Gasteiger partial charge in [-0.25, -0.2) is 9.37 Å². The van der Waals surface area contributed by atoms with E-state index in [2.05, 4.69) is 4.98 Å². The molecule has 3 aromatic rings. The summed E-state index contributed by atoms with van der Waals surface area (Å²) >= 11 is 0. The van der Waals surface area contributed by atoms with Crippen molar-refractivity contribution in [3.8, 4) is 17.2 Å². The summed E-state index contributed by atoms with van der Waals surface area (Å²) in [5, 5.41) is 11.1. The molecule has 0 atom stereocenters. The number of oxazole rings is 1. The first-order chi connectivity index (χ1) is 11.5. The molecule has 0 radical (unpaired) electrons. The topological polar surface area (TPSA) is 78.4 Å². The van der Waals surface area contributed by atoms with Gasteiger partial charge in [-0.15, -0.1) is 0 Å². The average Bonchev–Trinajstić information content (AvgIpc) is 3.03. The van der Waals surface area contributed by atoms with Gasteiger partial charge in [-0.1, -0.05) is 6.07 Å². The summed E-state index contributed by atoms with van der Waals surface area (Å²) < 4.78 is 23.7. The van der Waals surface area contributed by atoms with Crippen LogP contribution in [0.25, 0.3) is 11.5 Å². The fraction of sp³-hybridized carbons (Fsp3) is 0.118. The molecule has 3 rings (SSSR count). The Morgan fingerprint density at radius 1 is 1.25 bits per heavy atom. The Labute approximate surface area is 136 Å². The van der Waals surface area contributed by atoms with E-state index >= 15 is 0 Å². The highest BCUT2D eigenvalue weighted by Crippen LogP contribution is 2.28. The first kappa shape index (κ1) is 15.7. The quantitative estimate of drug-likeness (QED) is 0.516. The fourth-order valence-electron chi connectivity index (χ4n) is 2.14. The molecule has 24 heavy (non-hydrogen) atoms. The molecule has 0 aliphatic heterocycles. The Morgan fingerprint density at radius 3 is 2.71 bits per heavy atom. The summed E-state index contributed by atoms with van der Waals surface area (Å²) in [6, 6.07) is 10.5. The molecular weight excluding hydrogens is 315 g/mol. The number of ether oxygens (including phenoxy) is 1. The van der Waals surface area contributed by atoms with Gasteiger partial charge in [-0.2, -0.15) is 0 Å². The minimum Gasteiger partial charge on any atom is -0.480 e. The Kier molecular flexibility index (Phi) is 4.24. The van der Waals surface area contributed by atoms with Gasteiger partial charge in [0.05, 0.1) is 4.92 Å². The van der Waals surface area contributed by atoms with Crippen LogP contribution >= 0.6 is 0 Å². The average molecular weight is 328 g/mol. The molecule has 1 aromatic heterocycles. The Hall–Kier alpha value is -3.22. The lowest BCUT2D eigenvalue weighted by Crippen LogP contribution is -1.99. The zero-order chi connectivity index (χ0) is 17.1. The van der Waals surface area contributed by atoms with Gasteiger partial charge in [0.25, 0.3) is 0 Å². The standard InChI is InChI=1S/C17H13FN2O4/c1-11-2-7-16(15(8-11)20(21)22)23-9-14-10-24-17(19-14)12-3-5-13(18)6-4-12/h2-8,10H,9H2,1H3. The second-order valence-corrected chi connectivity index (χ2v) is 5.17. The van der Waals surface area contributed by atoms with Crippen LogP contribution in [0.3, 0.4) is 0 Å². The lowest BCUT2D eigenvalue weighted by Gasteiger charge is -2.05. The van der Waals surface area contributed by atoms with Gasteiger partial charge in [0.1, 0.15) is 24.4 Å². The molecule has 7 heteroatoms. The minimum absolute atomic E-state index is 0.0224. The van der Waals surface area contributed by atoms with Crippen molar-refractivity contribution < 1.29 is 18.5 Å². The third-order valence-corrected chi connectivity index (χ3v) is 3.33. The van der Waals surface area contributed by atoms with E-state index in [9.17, 15) is 14.5 Å². The van der Waals surface area contributed by atoms with Crippen LogP contribution < -0.4 is 4.74 Å². The molecule has 1 heterocycles. The maximum Gasteiger partial charge on any atom is 0.311 e. The van der Waals surface area contributed by atoms with Crippen molar-refractivity contribution in [1.82, 2.24) is 4.98 Å². The fourth-order valence-corrected chi connectivity index (χ4v) is 2.14. The van der Waals surface area contributed by atoms with Crippen LogP contribution in [-0.2, 0) is 6.61 Å². The Bertz CT molecular complexity index is 875. The normalized spacial score (nSPS) is 10.6. The highest BCUT2D eigenvalue weighted by atomic mass is 19.1. The van der Waals surface area contributed by atoms with Gasteiger partial charge >= 0.3 is 5.69 Å². The maximum atomic E-state index is 12.9. The van der Waals surface area contributed by atoms with E-state index in [-0.39, 0.29) is 23.9 Å². The van der Waals surface area contributed by atoms with Crippen molar-refractivity contribution >= 4 is 5.69 Å². The molecule has 0 saturated heterocycles. The highest BCUT2D eigenvalue weighted by Gasteiger charge is 2.16. The summed E-state index contributed by atoms with van der Waals surface area (Å²) in [6.07, 6.45) is 1.40. The minimum atomic E-state index is -0.491. The molecule has 0 saturated carbocycles. The SMILES string of the molecule is Cc1ccc(OCc2coc(-c3ccc(F)cc3)n2)c([N+](=O)[O-])c1. The smallest absolute Gasteiger partial charge is 0.311 e. The number of hydrogen-bond acceptors (Lipinski definition) is 5. The van der Waals surface area contributed by atoms with E-state index in [1.807, 2.05) is 0 Å². The Balaban J connectivity index is 1.74. The van der Waals surface area contributed by atoms with Gasteiger partial charge in [-0.3, -0.25) is 10.1 Å². The van der Waals surface area contributed by atoms with Crippen molar-refractivity contribution in [1.29, 1.82) is 0 Å². The molecule has 2 aromatic carbocycles. The van der Waals surface area contributed by atoms with Crippen LogP contribution in [0.2, 0.25) is 0 Å². The number of halogens is 1. The predicted molar refractivity (Wildman–Crippen MR) is 84.1 cm³/mol. The number of nitro groups is 1. The lowest BCUT2D eigenvalue weighted by molar-refractivity contribution is -0.386. The molecule has 0 bridgehead atoms. The van der Waals surface area contributed by atoms with Gasteiger partial charge in [0, 0.05) is 11.6 Å². The first-order valence-electron chi connectivity index (χ1n) is 7.11. The monoisotopic (exact) mass is 328 g/mol. The first-order valence-corrected chi connectivity index (χ1v) is 7.11. The summed E-state index contributed by atoms with van der Waals surface area (Å²) in [6.45, 7) is 1.79. The molecule has 0 N–H and O–H groups in total. The van der Waals surface area contributed by atoms with E-state index in [1.54, 1.807) is 31.2 Å². The van der Waals surface area contributed by atoms with Crippen LogP contribution in [-0.4, -0.2) is 9.91 Å². The molecule has 0 amide bonds. The van der Waals surface area contributed by atoms with Crippen LogP contribution in [0, 0.1) is 22.9 Å². The van der Waals surface area contributed by atoms with Crippen molar-refractivity contribution in [2.24, 2.45) is 0 Å². The number of hydrogen-bond donors (Lipinski definition) is 0. The summed E-state index contributed by atoms with van der Waals surface area (Å²) in [5.74, 6) is 0.143. The van der Waals surface area contributed by atoms with E-state index in [0.717, 1.165) is 5.56 Å². The third-order valence-electron chi connectivity index (χ3n) is 3.33. The van der Waals surface area contributed by atoms with Gasteiger partial charge in [-0.05, 0) is 42.8 Å². The zero-order valence-electron chi connectivity index (χ0n) is 12.7. The van der Waals surface area contributed by atoms with E-state index in [0.29, 0.717) is 17.1 Å². The van der Waals surface area contributed by atoms with Crippen LogP contribution in [0.5, 0.6) is 5.75 Å². The Morgan fingerprint density at radius 2 is 2.00 bits per heavy atom. The predicted octanol–water partition coefficient (Wildman–Crippen LogP) is 4.28. The number of nitro benzene ring substituents is 1. The van der Waals surface area contributed by atoms with Crippen LogP contribution in [0.4, 0.5) is 10.1 Å². The molecule has 0 fully saturated rings. The van der Waals surface area contributed by atoms with E-state index in [1.165, 1.54) is 24.5 Å². The number of aromatic nitrogens is 1. The number of aryl methyl sites for hydroxylation is 1. The van der Waals surface area contributed by atoms with E-state index < -0.39 is 4.92 Å². The van der Waals surface area contributed by atoms with Crippen molar-refractivity contribution in [2.45, 2.75) is 13.5 Å². The maximum absolute atomic E-state index is 12.9. The number of benzene rings is 2. The highest BCUT2D eigenvalue weighted by molar-refractivity contribution is 5.53. The lowest BCUT2D eigenvalue weighted by atomic mass is 10.2. The van der Waals surface area contributed by atoms with E-state index in [4.69, 9.17) is 9.15 Å². The van der Waals surface area contributed by atoms with Gasteiger partial charge < -0.3 is 9.15 Å². The van der Waals surface area contributed by atoms with Gasteiger partial charge in [0.2, 0.25) is 5.89 Å².